The fraction of sp³-hybridized carbons (Fsp3) is 0.462. The van der Waals surface area contributed by atoms with Gasteiger partial charge in [0.15, 0.2) is 11.5 Å². The summed E-state index contributed by atoms with van der Waals surface area (Å²) in [5, 5.41) is 0. The first-order valence-electron chi connectivity index (χ1n) is 6.04. The van der Waals surface area contributed by atoms with E-state index in [1.165, 1.54) is 7.11 Å². The monoisotopic (exact) mass is 267 g/mol. The van der Waals surface area contributed by atoms with Gasteiger partial charge in [-0.1, -0.05) is 0 Å². The van der Waals surface area contributed by atoms with Crippen molar-refractivity contribution >= 4 is 5.97 Å². The Morgan fingerprint density at radius 2 is 2.26 bits per heavy atom. The van der Waals surface area contributed by atoms with E-state index in [2.05, 4.69) is 0 Å². The molecule has 0 saturated heterocycles. The maximum Gasteiger partial charge on any atom is 0.307 e. The predicted molar refractivity (Wildman–Crippen MR) is 67.3 cm³/mol. The van der Waals surface area contributed by atoms with Gasteiger partial charge in [0.1, 0.15) is 0 Å². The molecule has 1 aromatic carbocycles. The van der Waals surface area contributed by atoms with E-state index in [9.17, 15) is 4.79 Å². The number of benzene rings is 1. The number of nitrogens with two attached hydrogens (primary N) is 1. The molecule has 0 spiro atoms. The lowest BCUT2D eigenvalue weighted by atomic mass is 10.0. The molecule has 0 saturated carbocycles. The fourth-order valence-electron chi connectivity index (χ4n) is 1.88. The number of esters is 1. The molecule has 0 radical (unpaired) electrons. The fourth-order valence-corrected chi connectivity index (χ4v) is 1.88. The summed E-state index contributed by atoms with van der Waals surface area (Å²) in [5.74, 6) is 1.36. The standard InChI is InChI=1S/C13H17NO5/c1-3-17-12(15)6-9(14)8-4-10(16-2)13-11(5-8)18-7-19-13/h4-5,9H,3,6-7,14H2,1-2H3. The van der Waals surface area contributed by atoms with E-state index in [0.29, 0.717) is 23.9 Å². The summed E-state index contributed by atoms with van der Waals surface area (Å²) in [5.41, 5.74) is 6.74. The number of hydrogen-bond acceptors (Lipinski definition) is 6. The largest absolute Gasteiger partial charge is 0.493 e. The first-order chi connectivity index (χ1) is 9.15. The summed E-state index contributed by atoms with van der Waals surface area (Å²) in [4.78, 5) is 11.4. The highest BCUT2D eigenvalue weighted by molar-refractivity contribution is 5.70. The van der Waals surface area contributed by atoms with Crippen LogP contribution < -0.4 is 19.9 Å². The van der Waals surface area contributed by atoms with E-state index in [4.69, 9.17) is 24.7 Å². The Bertz CT molecular complexity index is 474. The Morgan fingerprint density at radius 3 is 2.95 bits per heavy atom. The summed E-state index contributed by atoms with van der Waals surface area (Å²) in [6, 6.07) is 3.04. The number of carbonyl (C=O) groups excluding carboxylic acids is 1. The lowest BCUT2D eigenvalue weighted by Gasteiger charge is -2.13. The molecular formula is C13H17NO5. The van der Waals surface area contributed by atoms with Gasteiger partial charge in [-0.3, -0.25) is 4.79 Å². The van der Waals surface area contributed by atoms with Gasteiger partial charge in [-0.05, 0) is 24.6 Å². The number of fused-ring (bicyclic) bond motifs is 1. The molecule has 19 heavy (non-hydrogen) atoms. The third-order valence-electron chi connectivity index (χ3n) is 2.80. The first kappa shape index (κ1) is 13.5. The van der Waals surface area contributed by atoms with Gasteiger partial charge in [-0.15, -0.1) is 0 Å². The van der Waals surface area contributed by atoms with Gasteiger partial charge >= 0.3 is 5.97 Å². The lowest BCUT2D eigenvalue weighted by Crippen LogP contribution is -2.17. The van der Waals surface area contributed by atoms with Crippen LogP contribution in [0.25, 0.3) is 0 Å². The van der Waals surface area contributed by atoms with E-state index in [1.54, 1.807) is 19.1 Å². The van der Waals surface area contributed by atoms with Crippen molar-refractivity contribution in [2.75, 3.05) is 20.5 Å². The zero-order valence-electron chi connectivity index (χ0n) is 11.0. The molecule has 2 rings (SSSR count). The smallest absolute Gasteiger partial charge is 0.307 e. The van der Waals surface area contributed by atoms with Crippen molar-refractivity contribution in [3.05, 3.63) is 17.7 Å². The van der Waals surface area contributed by atoms with E-state index in [0.717, 1.165) is 5.56 Å². The summed E-state index contributed by atoms with van der Waals surface area (Å²) < 4.78 is 20.7. The summed E-state index contributed by atoms with van der Waals surface area (Å²) in [7, 11) is 1.54. The van der Waals surface area contributed by atoms with Crippen molar-refractivity contribution in [1.82, 2.24) is 0 Å². The number of hydrogen-bond donors (Lipinski definition) is 1. The topological polar surface area (TPSA) is 80.0 Å². The van der Waals surface area contributed by atoms with Crippen LogP contribution in [-0.4, -0.2) is 26.5 Å². The van der Waals surface area contributed by atoms with E-state index in [-0.39, 0.29) is 19.2 Å². The van der Waals surface area contributed by atoms with Crippen molar-refractivity contribution < 1.29 is 23.7 Å². The SMILES string of the molecule is CCOC(=O)CC(N)c1cc(OC)c2c(c1)OCO2. The van der Waals surface area contributed by atoms with Gasteiger partial charge in [-0.25, -0.2) is 0 Å². The highest BCUT2D eigenvalue weighted by Gasteiger charge is 2.23. The molecule has 104 valence electrons. The maximum atomic E-state index is 11.4. The highest BCUT2D eigenvalue weighted by Crippen LogP contribution is 2.43. The molecule has 6 nitrogen and oxygen atoms in total. The number of methoxy groups -OCH3 is 1. The number of ether oxygens (including phenoxy) is 4. The zero-order chi connectivity index (χ0) is 13.8. The maximum absolute atomic E-state index is 11.4. The van der Waals surface area contributed by atoms with Gasteiger partial charge in [0.2, 0.25) is 12.5 Å². The van der Waals surface area contributed by atoms with Crippen molar-refractivity contribution in [3.8, 4) is 17.2 Å². The molecule has 1 aliphatic rings. The van der Waals surface area contributed by atoms with Crippen LogP contribution in [0.4, 0.5) is 0 Å². The predicted octanol–water partition coefficient (Wildman–Crippen LogP) is 1.38. The third-order valence-corrected chi connectivity index (χ3v) is 2.80. The van der Waals surface area contributed by atoms with Crippen LogP contribution in [0.3, 0.4) is 0 Å². The molecule has 1 atom stereocenters. The molecule has 0 amide bonds. The van der Waals surface area contributed by atoms with Crippen LogP contribution in [0.15, 0.2) is 12.1 Å². The van der Waals surface area contributed by atoms with Gasteiger partial charge < -0.3 is 24.7 Å². The average molecular weight is 267 g/mol. The van der Waals surface area contributed by atoms with Crippen LogP contribution in [0.5, 0.6) is 17.2 Å². The van der Waals surface area contributed by atoms with Crippen molar-refractivity contribution in [2.45, 2.75) is 19.4 Å². The molecule has 0 bridgehead atoms. The van der Waals surface area contributed by atoms with E-state index < -0.39 is 6.04 Å². The summed E-state index contributed by atoms with van der Waals surface area (Å²) in [6.07, 6.45) is 0.108. The first-order valence-corrected chi connectivity index (χ1v) is 6.04. The average Bonchev–Trinajstić information content (AvgIpc) is 2.85. The van der Waals surface area contributed by atoms with Gasteiger partial charge in [0.05, 0.1) is 20.1 Å². The normalized spacial score (nSPS) is 14.1. The van der Waals surface area contributed by atoms with Crippen molar-refractivity contribution in [1.29, 1.82) is 0 Å². The zero-order valence-corrected chi connectivity index (χ0v) is 11.0. The third kappa shape index (κ3) is 2.90. The number of rotatable bonds is 5. The van der Waals surface area contributed by atoms with Gasteiger partial charge in [0, 0.05) is 6.04 Å². The Labute approximate surface area is 111 Å². The lowest BCUT2D eigenvalue weighted by molar-refractivity contribution is -0.143. The quantitative estimate of drug-likeness (QED) is 0.812. The van der Waals surface area contributed by atoms with E-state index in [1.807, 2.05) is 0 Å². The molecule has 2 N–H and O–H groups in total. The molecule has 0 aliphatic carbocycles. The van der Waals surface area contributed by atoms with Crippen LogP contribution >= 0.6 is 0 Å². The Hall–Kier alpha value is -1.95. The van der Waals surface area contributed by atoms with Crippen LogP contribution in [-0.2, 0) is 9.53 Å². The highest BCUT2D eigenvalue weighted by atomic mass is 16.7. The van der Waals surface area contributed by atoms with Crippen LogP contribution in [0.2, 0.25) is 0 Å². The minimum atomic E-state index is -0.470. The summed E-state index contributed by atoms with van der Waals surface area (Å²) >= 11 is 0. The minimum absolute atomic E-state index is 0.108. The molecule has 0 fully saturated rings. The molecular weight excluding hydrogens is 250 g/mol. The van der Waals surface area contributed by atoms with Crippen LogP contribution in [0.1, 0.15) is 24.9 Å². The Balaban J connectivity index is 2.18. The Kier molecular flexibility index (Phi) is 4.11. The molecule has 0 aromatic heterocycles. The number of carbonyl (C=O) groups is 1. The second-order valence-corrected chi connectivity index (χ2v) is 4.07. The van der Waals surface area contributed by atoms with Crippen molar-refractivity contribution in [3.63, 3.8) is 0 Å². The Morgan fingerprint density at radius 1 is 1.47 bits per heavy atom. The molecule has 1 aliphatic heterocycles. The van der Waals surface area contributed by atoms with Gasteiger partial charge in [0.25, 0.3) is 0 Å². The van der Waals surface area contributed by atoms with Crippen LogP contribution in [0, 0.1) is 0 Å². The minimum Gasteiger partial charge on any atom is -0.493 e. The molecule has 1 heterocycles. The summed E-state index contributed by atoms with van der Waals surface area (Å²) in [6.45, 7) is 2.26. The molecule has 1 unspecified atom stereocenters. The second-order valence-electron chi connectivity index (χ2n) is 4.07. The van der Waals surface area contributed by atoms with E-state index >= 15 is 0 Å². The van der Waals surface area contributed by atoms with Crippen molar-refractivity contribution in [2.24, 2.45) is 5.73 Å². The molecule has 1 aromatic rings. The molecule has 6 heteroatoms. The van der Waals surface area contributed by atoms with Gasteiger partial charge in [-0.2, -0.15) is 0 Å². The second kappa shape index (κ2) is 5.79.